The fourth-order valence-electron chi connectivity index (χ4n) is 2.84. The lowest BCUT2D eigenvalue weighted by atomic mass is 9.96. The van der Waals surface area contributed by atoms with Gasteiger partial charge in [0.1, 0.15) is 29.6 Å². The fraction of sp³-hybridized carbons (Fsp3) is 0.421. The first kappa shape index (κ1) is 19.6. The average molecular weight is 489 g/mol. The monoisotopic (exact) mass is 489 g/mol. The molecule has 0 amide bonds. The summed E-state index contributed by atoms with van der Waals surface area (Å²) in [5.41, 5.74) is -4.99. The normalized spacial score (nSPS) is 29.8. The number of aromatic nitrogens is 2. The summed E-state index contributed by atoms with van der Waals surface area (Å²) in [6, 6.07) is 4.70. The number of aromatic amines is 1. The third-order valence-corrected chi connectivity index (χ3v) is 6.11. The van der Waals surface area contributed by atoms with Gasteiger partial charge < -0.3 is 24.6 Å². The fourth-order valence-corrected chi connectivity index (χ4v) is 4.21. The number of carbonyl (C=O) groups is 1. The van der Waals surface area contributed by atoms with Gasteiger partial charge in [-0.25, -0.2) is 9.36 Å². The van der Waals surface area contributed by atoms with Crippen molar-refractivity contribution in [3.05, 3.63) is 63.4 Å². The molecule has 1 aliphatic heterocycles. The van der Waals surface area contributed by atoms with Gasteiger partial charge in [0, 0.05) is 12.2 Å². The summed E-state index contributed by atoms with van der Waals surface area (Å²) >= 11 is 0. The zero-order valence-electron chi connectivity index (χ0n) is 21.3. The lowest BCUT2D eigenvalue weighted by Gasteiger charge is -2.27. The smallest absolute Gasteiger partial charge is 0.459 e. The molecule has 0 spiro atoms. The first-order valence-electron chi connectivity index (χ1n) is 11.4. The van der Waals surface area contributed by atoms with E-state index in [0.29, 0.717) is 4.57 Å². The molecule has 1 aliphatic rings. The molecular weight excluding hydrogens is 461 g/mol. The quantitative estimate of drug-likeness (QED) is 0.294. The first-order chi connectivity index (χ1) is 17.0. The van der Waals surface area contributed by atoms with Crippen molar-refractivity contribution in [3.8, 4) is 5.75 Å². The van der Waals surface area contributed by atoms with Gasteiger partial charge in [-0.15, -0.1) is 0 Å². The Kier molecular flexibility index (Phi) is 5.71. The summed E-state index contributed by atoms with van der Waals surface area (Å²) in [4.78, 5) is 37.0. The Morgan fingerprint density at radius 1 is 1.45 bits per heavy atom. The predicted octanol–water partition coefficient (Wildman–Crippen LogP) is -0.188. The number of aliphatic carboxylic acids is 1. The van der Waals surface area contributed by atoms with Gasteiger partial charge >= 0.3 is 19.4 Å². The highest BCUT2D eigenvalue weighted by molar-refractivity contribution is 7.52. The van der Waals surface area contributed by atoms with Crippen molar-refractivity contribution in [1.82, 2.24) is 14.6 Å². The SMILES string of the molecule is [2H]c1c([2H])n([C@@H]2O[C@H](C([2H])([2H])O[P@@](=O)(NC(C)C(=O)O)Oc3ccccc3)[C@@H](O)[C@@]2(C)O)c(=O)[nH]c1=O. The van der Waals surface area contributed by atoms with Gasteiger partial charge in [0.15, 0.2) is 6.23 Å². The number of hydrogen-bond acceptors (Lipinski definition) is 9. The van der Waals surface area contributed by atoms with Crippen molar-refractivity contribution in [2.45, 2.75) is 43.9 Å². The number of nitrogens with one attached hydrogen (secondary N) is 2. The Morgan fingerprint density at radius 3 is 2.76 bits per heavy atom. The highest BCUT2D eigenvalue weighted by Gasteiger charge is 2.54. The van der Waals surface area contributed by atoms with Crippen molar-refractivity contribution in [2.24, 2.45) is 0 Å². The highest BCUT2D eigenvalue weighted by Crippen LogP contribution is 2.46. The highest BCUT2D eigenvalue weighted by atomic mass is 31.2. The summed E-state index contributed by atoms with van der Waals surface area (Å²) in [5.74, 6) is -1.57. The molecule has 2 heterocycles. The molecule has 1 aromatic heterocycles. The van der Waals surface area contributed by atoms with Crippen LogP contribution in [0.1, 0.15) is 25.6 Å². The molecule has 5 N–H and O–H groups in total. The maximum atomic E-state index is 13.5. The number of rotatable bonds is 9. The van der Waals surface area contributed by atoms with Gasteiger partial charge in [0.25, 0.3) is 5.56 Å². The number of carboxylic acids is 1. The van der Waals surface area contributed by atoms with Crippen LogP contribution in [0.5, 0.6) is 5.75 Å². The van der Waals surface area contributed by atoms with Gasteiger partial charge in [0.05, 0.1) is 12.0 Å². The second-order valence-electron chi connectivity index (χ2n) is 7.25. The van der Waals surface area contributed by atoms with Gasteiger partial charge in [-0.1, -0.05) is 18.2 Å². The summed E-state index contributed by atoms with van der Waals surface area (Å²) in [6.07, 6.45) is -7.40. The number of para-hydroxylation sites is 1. The van der Waals surface area contributed by atoms with Crippen molar-refractivity contribution < 1.29 is 43.9 Å². The number of nitrogens with zero attached hydrogens (tertiary/aromatic N) is 1. The number of H-pyrrole nitrogens is 1. The minimum atomic E-state index is -4.88. The standard InChI is InChI=1S/C19H24N3O10P/c1-11(16(25)26)21-33(29,32-12-6-4-3-5-7-12)30-10-13-15(24)19(2,28)17(31-13)22-9-8-14(23)20-18(22)27/h3-9,11,13,15,17,24,28H,10H2,1-2H3,(H,21,29)(H,25,26)(H,20,23,27)/t11?,13-,15-,17-,19-,33+/m1/s1/i8D,9D,10D2. The van der Waals surface area contributed by atoms with Crippen LogP contribution in [0.25, 0.3) is 0 Å². The van der Waals surface area contributed by atoms with Crippen LogP contribution in [-0.2, 0) is 18.6 Å². The van der Waals surface area contributed by atoms with Gasteiger partial charge in [-0.3, -0.25) is 23.7 Å². The Bertz CT molecular complexity index is 1340. The molecule has 0 radical (unpaired) electrons. The molecule has 0 aliphatic carbocycles. The number of benzene rings is 1. The molecule has 1 fully saturated rings. The number of aliphatic hydroxyl groups is 2. The van der Waals surface area contributed by atoms with Crippen LogP contribution in [0.3, 0.4) is 0 Å². The third-order valence-electron chi connectivity index (χ3n) is 4.60. The third kappa shape index (κ3) is 5.58. The zero-order valence-corrected chi connectivity index (χ0v) is 18.2. The van der Waals surface area contributed by atoms with E-state index in [-0.39, 0.29) is 5.75 Å². The summed E-state index contributed by atoms with van der Waals surface area (Å²) < 4.78 is 61.6. The van der Waals surface area contributed by atoms with E-state index in [1.165, 1.54) is 24.3 Å². The molecular formula is C19H24N3O10P. The molecule has 3 rings (SSSR count). The lowest BCUT2D eigenvalue weighted by Crippen LogP contribution is -2.47. The summed E-state index contributed by atoms with van der Waals surface area (Å²) in [7, 11) is -4.88. The Hall–Kier alpha value is -2.80. The number of carboxylic acid groups (broad SMARTS) is 1. The summed E-state index contributed by atoms with van der Waals surface area (Å²) in [5, 5.41) is 32.9. The van der Waals surface area contributed by atoms with Crippen molar-refractivity contribution >= 4 is 13.7 Å². The molecule has 13 nitrogen and oxygen atoms in total. The van der Waals surface area contributed by atoms with Crippen molar-refractivity contribution in [2.75, 3.05) is 6.56 Å². The van der Waals surface area contributed by atoms with Crippen LogP contribution in [0.15, 0.2) is 52.1 Å². The number of aliphatic hydroxyl groups excluding tert-OH is 1. The van der Waals surface area contributed by atoms with E-state index in [2.05, 4.69) is 5.09 Å². The van der Waals surface area contributed by atoms with Gasteiger partial charge in [-0.2, -0.15) is 5.09 Å². The Balaban J connectivity index is 1.99. The predicted molar refractivity (Wildman–Crippen MR) is 113 cm³/mol. The molecule has 0 bridgehead atoms. The largest absolute Gasteiger partial charge is 0.480 e. The van der Waals surface area contributed by atoms with Crippen molar-refractivity contribution in [1.29, 1.82) is 0 Å². The van der Waals surface area contributed by atoms with Gasteiger partial charge in [-0.05, 0) is 26.0 Å². The molecule has 1 aromatic carbocycles. The average Bonchev–Trinajstić information content (AvgIpc) is 3.02. The van der Waals surface area contributed by atoms with E-state index < -0.39 is 73.8 Å². The first-order valence-corrected chi connectivity index (χ1v) is 11.0. The van der Waals surface area contributed by atoms with E-state index in [1.54, 1.807) is 11.1 Å². The van der Waals surface area contributed by atoms with Crippen LogP contribution in [-0.4, -0.2) is 61.2 Å². The molecule has 6 atom stereocenters. The van der Waals surface area contributed by atoms with E-state index in [1.807, 2.05) is 0 Å². The van der Waals surface area contributed by atoms with Gasteiger partial charge in [0.2, 0.25) is 0 Å². The van der Waals surface area contributed by atoms with E-state index in [4.69, 9.17) is 19.3 Å². The van der Waals surface area contributed by atoms with E-state index in [9.17, 15) is 34.3 Å². The van der Waals surface area contributed by atoms with E-state index in [0.717, 1.165) is 13.8 Å². The maximum Gasteiger partial charge on any atom is 0.459 e. The molecule has 1 unspecified atom stereocenters. The molecule has 2 aromatic rings. The lowest BCUT2D eigenvalue weighted by molar-refractivity contribution is -0.138. The topological polar surface area (TPSA) is 189 Å². The molecule has 180 valence electrons. The summed E-state index contributed by atoms with van der Waals surface area (Å²) in [6.45, 7) is -1.27. The molecule has 1 saturated heterocycles. The van der Waals surface area contributed by atoms with Crippen LogP contribution in [0.2, 0.25) is 0 Å². The number of ether oxygens (including phenoxy) is 1. The molecule has 33 heavy (non-hydrogen) atoms. The van der Waals surface area contributed by atoms with Crippen LogP contribution >= 0.6 is 7.75 Å². The van der Waals surface area contributed by atoms with Crippen LogP contribution in [0, 0.1) is 0 Å². The maximum absolute atomic E-state index is 13.5. The van der Waals surface area contributed by atoms with Crippen LogP contribution < -0.4 is 20.9 Å². The Morgan fingerprint density at radius 2 is 2.12 bits per heavy atom. The van der Waals surface area contributed by atoms with E-state index >= 15 is 0 Å². The minimum Gasteiger partial charge on any atom is -0.480 e. The zero-order chi connectivity index (χ0) is 27.9. The Labute approximate surface area is 192 Å². The second-order valence-corrected chi connectivity index (χ2v) is 8.86. The number of hydrogen-bond donors (Lipinski definition) is 5. The van der Waals surface area contributed by atoms with Crippen molar-refractivity contribution in [3.63, 3.8) is 0 Å². The molecule has 0 saturated carbocycles. The molecule has 14 heteroatoms. The minimum absolute atomic E-state index is 0.0916. The second kappa shape index (κ2) is 9.59. The van der Waals surface area contributed by atoms with Crippen LogP contribution in [0.4, 0.5) is 0 Å².